The maximum Gasteiger partial charge on any atom is 0.135 e. The van der Waals surface area contributed by atoms with E-state index >= 15 is 0 Å². The van der Waals surface area contributed by atoms with E-state index in [4.69, 9.17) is 4.74 Å². The molecule has 4 rings (SSSR count). The molecule has 6 heteroatoms. The van der Waals surface area contributed by atoms with E-state index in [1.165, 1.54) is 3.57 Å². The number of rotatable bonds is 6. The summed E-state index contributed by atoms with van der Waals surface area (Å²) in [4.78, 5) is 0. The molecular formula is C22H19BrFIN2O. The normalized spacial score (nSPS) is 12.4. The molecular weight excluding hydrogens is 534 g/mol. The lowest BCUT2D eigenvalue weighted by molar-refractivity contribution is 0.316. The Labute approximate surface area is 185 Å². The molecule has 144 valence electrons. The highest BCUT2D eigenvalue weighted by Gasteiger charge is 2.15. The lowest BCUT2D eigenvalue weighted by Crippen LogP contribution is -2.21. The highest BCUT2D eigenvalue weighted by molar-refractivity contribution is 14.1. The molecule has 1 atom stereocenters. The number of hydrogen-bond acceptors (Lipinski definition) is 2. The van der Waals surface area contributed by atoms with Crippen molar-refractivity contribution in [3.63, 3.8) is 0 Å². The molecule has 3 nitrogen and oxygen atoms in total. The second-order valence-corrected chi connectivity index (χ2v) is 8.80. The van der Waals surface area contributed by atoms with Crippen molar-refractivity contribution >= 4 is 66.0 Å². The van der Waals surface area contributed by atoms with Gasteiger partial charge in [-0.3, -0.25) is 0 Å². The number of methoxy groups -OCH3 is 1. The SMILES string of the molecule is COc1cccc(NCC(F)Cn2c3ccc(Br)cc3c3cc(I)ccc32)c1. The lowest BCUT2D eigenvalue weighted by atomic mass is 10.2. The smallest absolute Gasteiger partial charge is 0.135 e. The molecule has 1 unspecified atom stereocenters. The van der Waals surface area contributed by atoms with Gasteiger partial charge in [0.2, 0.25) is 0 Å². The van der Waals surface area contributed by atoms with Crippen molar-refractivity contribution in [2.75, 3.05) is 19.0 Å². The Balaban J connectivity index is 1.61. The van der Waals surface area contributed by atoms with Gasteiger partial charge in [-0.2, -0.15) is 0 Å². The summed E-state index contributed by atoms with van der Waals surface area (Å²) in [6.07, 6.45) is -1.03. The summed E-state index contributed by atoms with van der Waals surface area (Å²) in [5, 5.41) is 5.45. The van der Waals surface area contributed by atoms with Crippen LogP contribution < -0.4 is 10.1 Å². The summed E-state index contributed by atoms with van der Waals surface area (Å²) >= 11 is 5.87. The largest absolute Gasteiger partial charge is 0.497 e. The molecule has 0 amide bonds. The van der Waals surface area contributed by atoms with E-state index < -0.39 is 6.17 Å². The highest BCUT2D eigenvalue weighted by Crippen LogP contribution is 2.32. The third-order valence-corrected chi connectivity index (χ3v) is 5.93. The van der Waals surface area contributed by atoms with Crippen LogP contribution in [0, 0.1) is 3.57 Å². The van der Waals surface area contributed by atoms with E-state index in [2.05, 4.69) is 78.7 Å². The predicted octanol–water partition coefficient (Wildman–Crippen LogP) is 6.62. The second-order valence-electron chi connectivity index (χ2n) is 6.64. The van der Waals surface area contributed by atoms with Gasteiger partial charge in [-0.15, -0.1) is 0 Å². The first kappa shape index (κ1) is 19.5. The van der Waals surface area contributed by atoms with Gasteiger partial charge in [0, 0.05) is 48.1 Å². The summed E-state index contributed by atoms with van der Waals surface area (Å²) in [5.74, 6) is 0.753. The van der Waals surface area contributed by atoms with Gasteiger partial charge in [-0.25, -0.2) is 4.39 Å². The molecule has 0 radical (unpaired) electrons. The first-order chi connectivity index (χ1) is 13.5. The minimum atomic E-state index is -1.03. The molecule has 1 aromatic heterocycles. The average molecular weight is 553 g/mol. The fourth-order valence-electron chi connectivity index (χ4n) is 3.47. The van der Waals surface area contributed by atoms with Crippen molar-refractivity contribution in [3.8, 4) is 5.75 Å². The molecule has 1 heterocycles. The Kier molecular flexibility index (Phi) is 5.78. The topological polar surface area (TPSA) is 26.2 Å². The summed E-state index contributed by atoms with van der Waals surface area (Å²) in [6.45, 7) is 0.522. The van der Waals surface area contributed by atoms with E-state index in [1.54, 1.807) is 7.11 Å². The first-order valence-electron chi connectivity index (χ1n) is 8.94. The Morgan fingerprint density at radius 2 is 1.82 bits per heavy atom. The van der Waals surface area contributed by atoms with E-state index in [1.807, 2.05) is 30.3 Å². The minimum absolute atomic E-state index is 0.231. The van der Waals surface area contributed by atoms with Crippen LogP contribution in [0.5, 0.6) is 5.75 Å². The van der Waals surface area contributed by atoms with Crippen molar-refractivity contribution in [2.24, 2.45) is 0 Å². The monoisotopic (exact) mass is 552 g/mol. The number of aromatic nitrogens is 1. The highest BCUT2D eigenvalue weighted by atomic mass is 127. The number of ether oxygens (including phenoxy) is 1. The van der Waals surface area contributed by atoms with Crippen LogP contribution in [0.1, 0.15) is 0 Å². The van der Waals surface area contributed by atoms with Crippen molar-refractivity contribution < 1.29 is 9.13 Å². The van der Waals surface area contributed by atoms with Gasteiger partial charge in [-0.05, 0) is 71.1 Å². The third kappa shape index (κ3) is 3.98. The molecule has 1 N–H and O–H groups in total. The van der Waals surface area contributed by atoms with Crippen molar-refractivity contribution in [3.05, 3.63) is 68.7 Å². The van der Waals surface area contributed by atoms with Gasteiger partial charge in [0.25, 0.3) is 0 Å². The summed E-state index contributed by atoms with van der Waals surface area (Å²) in [7, 11) is 1.62. The first-order valence-corrected chi connectivity index (χ1v) is 10.8. The fraction of sp³-hybridized carbons (Fsp3) is 0.182. The van der Waals surface area contributed by atoms with Crippen LogP contribution in [0.25, 0.3) is 21.8 Å². The molecule has 28 heavy (non-hydrogen) atoms. The van der Waals surface area contributed by atoms with Gasteiger partial charge in [0.1, 0.15) is 11.9 Å². The molecule has 0 bridgehead atoms. The maximum absolute atomic E-state index is 14.9. The molecule has 0 fully saturated rings. The van der Waals surface area contributed by atoms with Gasteiger partial charge in [0.05, 0.1) is 13.7 Å². The number of hydrogen-bond donors (Lipinski definition) is 1. The number of fused-ring (bicyclic) bond motifs is 3. The summed E-state index contributed by atoms with van der Waals surface area (Å²) in [6, 6.07) is 20.0. The van der Waals surface area contributed by atoms with Crippen LogP contribution in [-0.4, -0.2) is 24.4 Å². The van der Waals surface area contributed by atoms with E-state index in [0.717, 1.165) is 37.7 Å². The summed E-state index contributed by atoms with van der Waals surface area (Å²) < 4.78 is 24.4. The number of nitrogens with one attached hydrogen (secondary N) is 1. The van der Waals surface area contributed by atoms with Crippen molar-refractivity contribution in [2.45, 2.75) is 12.7 Å². The molecule has 0 saturated heterocycles. The number of alkyl halides is 1. The zero-order valence-electron chi connectivity index (χ0n) is 15.3. The number of halogens is 3. The van der Waals surface area contributed by atoms with Gasteiger partial charge < -0.3 is 14.6 Å². The lowest BCUT2D eigenvalue weighted by Gasteiger charge is -2.14. The molecule has 0 spiro atoms. The standard InChI is InChI=1S/C22H19BrFIN2O/c1-28-18-4-2-3-17(11-18)26-12-15(24)13-27-21-7-5-14(23)9-19(21)20-10-16(25)6-8-22(20)27/h2-11,15,26H,12-13H2,1H3. The Bertz CT molecular complexity index is 1090. The van der Waals surface area contributed by atoms with Crippen LogP contribution in [0.15, 0.2) is 65.1 Å². The second kappa shape index (κ2) is 8.29. The Hall–Kier alpha value is -1.80. The quantitative estimate of drug-likeness (QED) is 0.272. The van der Waals surface area contributed by atoms with Crippen LogP contribution >= 0.6 is 38.5 Å². The van der Waals surface area contributed by atoms with Crippen LogP contribution in [0.4, 0.5) is 10.1 Å². The fourth-order valence-corrected chi connectivity index (χ4v) is 4.32. The maximum atomic E-state index is 14.9. The minimum Gasteiger partial charge on any atom is -0.497 e. The number of benzene rings is 3. The molecule has 4 aromatic rings. The number of anilines is 1. The van der Waals surface area contributed by atoms with E-state index in [0.29, 0.717) is 6.54 Å². The molecule has 3 aromatic carbocycles. The van der Waals surface area contributed by atoms with Crippen molar-refractivity contribution in [1.29, 1.82) is 0 Å². The van der Waals surface area contributed by atoms with Gasteiger partial charge in [0.15, 0.2) is 0 Å². The predicted molar refractivity (Wildman–Crippen MR) is 126 cm³/mol. The van der Waals surface area contributed by atoms with Crippen LogP contribution in [0.2, 0.25) is 0 Å². The Morgan fingerprint density at radius 3 is 2.61 bits per heavy atom. The van der Waals surface area contributed by atoms with Crippen LogP contribution in [-0.2, 0) is 6.54 Å². The van der Waals surface area contributed by atoms with Crippen molar-refractivity contribution in [1.82, 2.24) is 4.57 Å². The summed E-state index contributed by atoms with van der Waals surface area (Å²) in [5.41, 5.74) is 2.95. The zero-order valence-corrected chi connectivity index (χ0v) is 19.0. The van der Waals surface area contributed by atoms with E-state index in [9.17, 15) is 4.39 Å². The molecule has 0 saturated carbocycles. The molecule has 0 aliphatic heterocycles. The van der Waals surface area contributed by atoms with Gasteiger partial charge in [-0.1, -0.05) is 22.0 Å². The van der Waals surface area contributed by atoms with Crippen LogP contribution in [0.3, 0.4) is 0 Å². The zero-order chi connectivity index (χ0) is 19.7. The van der Waals surface area contributed by atoms with Gasteiger partial charge >= 0.3 is 0 Å². The molecule has 0 aliphatic carbocycles. The Morgan fingerprint density at radius 1 is 1.07 bits per heavy atom. The average Bonchev–Trinajstić information content (AvgIpc) is 2.99. The van der Waals surface area contributed by atoms with E-state index in [-0.39, 0.29) is 6.54 Å². The number of nitrogens with zero attached hydrogens (tertiary/aromatic N) is 1. The molecule has 0 aliphatic rings. The third-order valence-electron chi connectivity index (χ3n) is 4.77.